The van der Waals surface area contributed by atoms with Crippen LogP contribution in [-0.2, 0) is 4.74 Å². The van der Waals surface area contributed by atoms with Crippen molar-refractivity contribution in [1.82, 2.24) is 10.4 Å². The first-order valence-corrected chi connectivity index (χ1v) is 5.92. The maximum atomic E-state index is 5.33. The molecule has 0 aliphatic carbocycles. The lowest BCUT2D eigenvalue weighted by molar-refractivity contribution is 0.00480. The van der Waals surface area contributed by atoms with E-state index in [2.05, 4.69) is 48.5 Å². The molecule has 2 rings (SSSR count). The Hall–Kier alpha value is -0.900. The summed E-state index contributed by atoms with van der Waals surface area (Å²) in [4.78, 5) is 0. The summed E-state index contributed by atoms with van der Waals surface area (Å²) in [5, 5.41) is 2.25. The molecule has 1 aliphatic rings. The van der Waals surface area contributed by atoms with Gasteiger partial charge in [0.2, 0.25) is 0 Å². The van der Waals surface area contributed by atoms with Crippen LogP contribution in [0.1, 0.15) is 24.1 Å². The van der Waals surface area contributed by atoms with Gasteiger partial charge >= 0.3 is 0 Å². The molecular formula is C13H20N2O. The molecule has 1 aromatic rings. The topological polar surface area (TPSA) is 24.5 Å². The molecule has 1 fully saturated rings. The van der Waals surface area contributed by atoms with Crippen molar-refractivity contribution in [3.05, 3.63) is 35.4 Å². The summed E-state index contributed by atoms with van der Waals surface area (Å²) in [5.74, 6) is 0. The Morgan fingerprint density at radius 2 is 1.94 bits per heavy atom. The van der Waals surface area contributed by atoms with Gasteiger partial charge in [-0.25, -0.2) is 10.4 Å². The van der Waals surface area contributed by atoms with E-state index in [1.54, 1.807) is 0 Å². The Labute approximate surface area is 97.4 Å². The predicted molar refractivity (Wildman–Crippen MR) is 65.1 cm³/mol. The molecule has 1 unspecified atom stereocenters. The summed E-state index contributed by atoms with van der Waals surface area (Å²) in [6, 6.07) is 8.89. The molecule has 16 heavy (non-hydrogen) atoms. The van der Waals surface area contributed by atoms with Crippen molar-refractivity contribution < 1.29 is 4.74 Å². The number of aryl methyl sites for hydroxylation is 1. The summed E-state index contributed by atoms with van der Waals surface area (Å²) >= 11 is 0. The SMILES string of the molecule is Cc1ccccc1C(C)NN1CCOCC1. The smallest absolute Gasteiger partial charge is 0.0608 e. The Kier molecular flexibility index (Phi) is 3.93. The molecule has 1 saturated heterocycles. The fraction of sp³-hybridized carbons (Fsp3) is 0.538. The highest BCUT2D eigenvalue weighted by molar-refractivity contribution is 5.28. The minimum absolute atomic E-state index is 0.360. The first-order valence-electron chi connectivity index (χ1n) is 5.92. The average Bonchev–Trinajstić information content (AvgIpc) is 2.31. The van der Waals surface area contributed by atoms with Gasteiger partial charge in [0, 0.05) is 19.1 Å². The highest BCUT2D eigenvalue weighted by Gasteiger charge is 2.14. The summed E-state index contributed by atoms with van der Waals surface area (Å²) in [5.41, 5.74) is 6.24. The number of ether oxygens (including phenoxy) is 1. The molecule has 1 N–H and O–H groups in total. The molecular weight excluding hydrogens is 200 g/mol. The van der Waals surface area contributed by atoms with E-state index in [1.807, 2.05) is 0 Å². The van der Waals surface area contributed by atoms with Crippen LogP contribution in [0.5, 0.6) is 0 Å². The van der Waals surface area contributed by atoms with Gasteiger partial charge < -0.3 is 4.74 Å². The van der Waals surface area contributed by atoms with E-state index < -0.39 is 0 Å². The Balaban J connectivity index is 1.96. The van der Waals surface area contributed by atoms with E-state index in [-0.39, 0.29) is 0 Å². The fourth-order valence-corrected chi connectivity index (χ4v) is 2.11. The van der Waals surface area contributed by atoms with Crippen LogP contribution in [0.15, 0.2) is 24.3 Å². The second kappa shape index (κ2) is 5.43. The van der Waals surface area contributed by atoms with Gasteiger partial charge in [0.1, 0.15) is 0 Å². The summed E-state index contributed by atoms with van der Waals surface area (Å²) in [7, 11) is 0. The van der Waals surface area contributed by atoms with E-state index in [1.165, 1.54) is 11.1 Å². The Morgan fingerprint density at radius 1 is 1.25 bits per heavy atom. The van der Waals surface area contributed by atoms with Gasteiger partial charge in [-0.2, -0.15) is 0 Å². The summed E-state index contributed by atoms with van der Waals surface area (Å²) < 4.78 is 5.33. The van der Waals surface area contributed by atoms with Crippen LogP contribution in [0.3, 0.4) is 0 Å². The second-order valence-electron chi connectivity index (χ2n) is 4.31. The number of benzene rings is 1. The Bertz CT molecular complexity index is 334. The van der Waals surface area contributed by atoms with Crippen molar-refractivity contribution >= 4 is 0 Å². The number of rotatable bonds is 3. The molecule has 0 amide bonds. The first kappa shape index (κ1) is 11.6. The standard InChI is InChI=1S/C13H20N2O/c1-11-5-3-4-6-13(11)12(2)14-15-7-9-16-10-8-15/h3-6,12,14H,7-10H2,1-2H3. The van der Waals surface area contributed by atoms with Crippen LogP contribution in [0.25, 0.3) is 0 Å². The lowest BCUT2D eigenvalue weighted by Crippen LogP contribution is -2.46. The number of hydrogen-bond acceptors (Lipinski definition) is 3. The lowest BCUT2D eigenvalue weighted by Gasteiger charge is -2.30. The normalized spacial score (nSPS) is 19.6. The number of nitrogens with one attached hydrogen (secondary N) is 1. The molecule has 1 atom stereocenters. The van der Waals surface area contributed by atoms with Crippen LogP contribution in [0.4, 0.5) is 0 Å². The number of nitrogens with zero attached hydrogens (tertiary/aromatic N) is 1. The molecule has 3 nitrogen and oxygen atoms in total. The summed E-state index contributed by atoms with van der Waals surface area (Å²) in [6.07, 6.45) is 0. The monoisotopic (exact) mass is 220 g/mol. The van der Waals surface area contributed by atoms with Crippen LogP contribution in [0.2, 0.25) is 0 Å². The van der Waals surface area contributed by atoms with Gasteiger partial charge in [0.25, 0.3) is 0 Å². The molecule has 0 saturated carbocycles. The number of hydrazine groups is 1. The number of hydrogen-bond donors (Lipinski definition) is 1. The van der Waals surface area contributed by atoms with Gasteiger partial charge in [-0.15, -0.1) is 0 Å². The summed E-state index contributed by atoms with van der Waals surface area (Å²) in [6.45, 7) is 7.96. The van der Waals surface area contributed by atoms with E-state index in [0.717, 1.165) is 26.3 Å². The van der Waals surface area contributed by atoms with Crippen molar-refractivity contribution in [1.29, 1.82) is 0 Å². The van der Waals surface area contributed by atoms with E-state index in [0.29, 0.717) is 6.04 Å². The van der Waals surface area contributed by atoms with Gasteiger partial charge in [-0.1, -0.05) is 24.3 Å². The third kappa shape index (κ3) is 2.82. The lowest BCUT2D eigenvalue weighted by atomic mass is 10.0. The van der Waals surface area contributed by atoms with E-state index in [4.69, 9.17) is 4.74 Å². The fourth-order valence-electron chi connectivity index (χ4n) is 2.11. The van der Waals surface area contributed by atoms with Crippen molar-refractivity contribution in [3.63, 3.8) is 0 Å². The molecule has 3 heteroatoms. The zero-order valence-corrected chi connectivity index (χ0v) is 10.1. The van der Waals surface area contributed by atoms with Gasteiger partial charge in [-0.05, 0) is 25.0 Å². The van der Waals surface area contributed by atoms with Crippen molar-refractivity contribution in [2.24, 2.45) is 0 Å². The van der Waals surface area contributed by atoms with E-state index >= 15 is 0 Å². The minimum atomic E-state index is 0.360. The zero-order chi connectivity index (χ0) is 11.4. The average molecular weight is 220 g/mol. The van der Waals surface area contributed by atoms with Crippen molar-refractivity contribution in [3.8, 4) is 0 Å². The zero-order valence-electron chi connectivity index (χ0n) is 10.1. The van der Waals surface area contributed by atoms with Crippen LogP contribution < -0.4 is 5.43 Å². The molecule has 0 bridgehead atoms. The molecule has 1 aromatic carbocycles. The first-order chi connectivity index (χ1) is 7.77. The predicted octanol–water partition coefficient (Wildman–Crippen LogP) is 1.89. The molecule has 1 aliphatic heterocycles. The van der Waals surface area contributed by atoms with Crippen LogP contribution >= 0.6 is 0 Å². The van der Waals surface area contributed by atoms with Crippen molar-refractivity contribution in [2.45, 2.75) is 19.9 Å². The maximum absolute atomic E-state index is 5.33. The third-order valence-electron chi connectivity index (χ3n) is 3.04. The maximum Gasteiger partial charge on any atom is 0.0608 e. The quantitative estimate of drug-likeness (QED) is 0.842. The largest absolute Gasteiger partial charge is 0.379 e. The minimum Gasteiger partial charge on any atom is -0.379 e. The van der Waals surface area contributed by atoms with Crippen molar-refractivity contribution in [2.75, 3.05) is 26.3 Å². The van der Waals surface area contributed by atoms with Gasteiger partial charge in [-0.3, -0.25) is 0 Å². The van der Waals surface area contributed by atoms with Crippen LogP contribution in [-0.4, -0.2) is 31.3 Å². The van der Waals surface area contributed by atoms with Gasteiger partial charge in [0.05, 0.1) is 13.2 Å². The molecule has 0 aromatic heterocycles. The third-order valence-corrected chi connectivity index (χ3v) is 3.04. The molecule has 0 spiro atoms. The molecule has 88 valence electrons. The Morgan fingerprint density at radius 3 is 2.62 bits per heavy atom. The van der Waals surface area contributed by atoms with Gasteiger partial charge in [0.15, 0.2) is 0 Å². The highest BCUT2D eigenvalue weighted by Crippen LogP contribution is 2.17. The second-order valence-corrected chi connectivity index (χ2v) is 4.31. The van der Waals surface area contributed by atoms with Crippen LogP contribution in [0, 0.1) is 6.92 Å². The molecule has 0 radical (unpaired) electrons. The number of morpholine rings is 1. The van der Waals surface area contributed by atoms with E-state index in [9.17, 15) is 0 Å². The molecule has 1 heterocycles. The highest BCUT2D eigenvalue weighted by atomic mass is 16.5.